The molecule has 2 aromatic carbocycles. The minimum absolute atomic E-state index is 0.320. The summed E-state index contributed by atoms with van der Waals surface area (Å²) in [6, 6.07) is 13.4. The van der Waals surface area contributed by atoms with E-state index in [9.17, 15) is 4.79 Å². The number of benzene rings is 2. The van der Waals surface area contributed by atoms with Crippen molar-refractivity contribution in [3.05, 3.63) is 59.2 Å². The van der Waals surface area contributed by atoms with Crippen molar-refractivity contribution in [2.75, 3.05) is 5.32 Å². The number of anilines is 2. The molecule has 0 aromatic heterocycles. The molecule has 0 unspecified atom stereocenters. The van der Waals surface area contributed by atoms with Crippen molar-refractivity contribution in [3.63, 3.8) is 0 Å². The van der Waals surface area contributed by atoms with Gasteiger partial charge in [-0.1, -0.05) is 24.3 Å². The van der Waals surface area contributed by atoms with Crippen molar-refractivity contribution in [1.29, 1.82) is 0 Å². The average molecular weight is 239 g/mol. The van der Waals surface area contributed by atoms with E-state index < -0.39 is 5.97 Å². The lowest BCUT2D eigenvalue weighted by Gasteiger charge is -2.10. The summed E-state index contributed by atoms with van der Waals surface area (Å²) in [5, 5.41) is 12.4. The van der Waals surface area contributed by atoms with Gasteiger partial charge in [-0.05, 0) is 42.2 Å². The largest absolute Gasteiger partial charge is 0.478 e. The summed E-state index contributed by atoms with van der Waals surface area (Å²) >= 11 is 0. The lowest BCUT2D eigenvalue weighted by Crippen LogP contribution is -2.00. The third kappa shape index (κ3) is 1.84. The number of fused-ring (bicyclic) bond motifs is 2. The molecule has 0 fully saturated rings. The van der Waals surface area contributed by atoms with Gasteiger partial charge in [-0.3, -0.25) is 0 Å². The molecule has 0 spiro atoms. The predicted molar refractivity (Wildman–Crippen MR) is 70.5 cm³/mol. The van der Waals surface area contributed by atoms with E-state index in [-0.39, 0.29) is 0 Å². The number of aromatic carboxylic acids is 1. The molecule has 0 aliphatic carbocycles. The maximum absolute atomic E-state index is 11.0. The van der Waals surface area contributed by atoms with Crippen LogP contribution in [-0.2, 0) is 12.8 Å². The van der Waals surface area contributed by atoms with Gasteiger partial charge in [-0.15, -0.1) is 0 Å². The van der Waals surface area contributed by atoms with E-state index in [0.29, 0.717) is 5.56 Å². The van der Waals surface area contributed by atoms with Crippen LogP contribution in [0.2, 0.25) is 0 Å². The van der Waals surface area contributed by atoms with Crippen LogP contribution in [0.3, 0.4) is 0 Å². The lowest BCUT2D eigenvalue weighted by molar-refractivity contribution is 0.0697. The van der Waals surface area contributed by atoms with E-state index >= 15 is 0 Å². The molecule has 0 bridgehead atoms. The second-order valence-electron chi connectivity index (χ2n) is 4.46. The standard InChI is InChI=1S/C15H13NO2/c17-15(18)12-8-7-11-6-5-10-3-1-2-4-13(10)16-14(11)9-12/h1-4,7-9,16H,5-6H2,(H,17,18). The van der Waals surface area contributed by atoms with E-state index in [1.807, 2.05) is 24.3 Å². The van der Waals surface area contributed by atoms with E-state index in [1.165, 1.54) is 5.56 Å². The molecule has 1 heterocycles. The Kier molecular flexibility index (Phi) is 2.52. The van der Waals surface area contributed by atoms with Crippen molar-refractivity contribution >= 4 is 17.3 Å². The second kappa shape index (κ2) is 4.18. The summed E-state index contributed by atoms with van der Waals surface area (Å²) in [5.41, 5.74) is 4.72. The van der Waals surface area contributed by atoms with Crippen molar-refractivity contribution < 1.29 is 9.90 Å². The number of aryl methyl sites for hydroxylation is 2. The summed E-state index contributed by atoms with van der Waals surface area (Å²) in [6.07, 6.45) is 1.90. The lowest BCUT2D eigenvalue weighted by atomic mass is 10.0. The number of hydrogen-bond acceptors (Lipinski definition) is 2. The highest BCUT2D eigenvalue weighted by molar-refractivity contribution is 5.89. The van der Waals surface area contributed by atoms with Gasteiger partial charge in [0.25, 0.3) is 0 Å². The van der Waals surface area contributed by atoms with E-state index in [4.69, 9.17) is 5.11 Å². The van der Waals surface area contributed by atoms with Gasteiger partial charge in [0.05, 0.1) is 5.56 Å². The molecule has 0 saturated carbocycles. The first-order valence-electron chi connectivity index (χ1n) is 5.95. The topological polar surface area (TPSA) is 49.3 Å². The van der Waals surface area contributed by atoms with Crippen LogP contribution in [-0.4, -0.2) is 11.1 Å². The van der Waals surface area contributed by atoms with Crippen LogP contribution >= 0.6 is 0 Å². The molecule has 3 nitrogen and oxygen atoms in total. The minimum atomic E-state index is -0.892. The molecule has 90 valence electrons. The fourth-order valence-corrected chi connectivity index (χ4v) is 2.32. The summed E-state index contributed by atoms with van der Waals surface area (Å²) in [4.78, 5) is 11.0. The smallest absolute Gasteiger partial charge is 0.335 e. The van der Waals surface area contributed by atoms with Gasteiger partial charge in [-0.25, -0.2) is 4.79 Å². The summed E-state index contributed by atoms with van der Waals surface area (Å²) in [5.74, 6) is -0.892. The minimum Gasteiger partial charge on any atom is -0.478 e. The molecule has 0 saturated heterocycles. The van der Waals surface area contributed by atoms with Gasteiger partial charge in [-0.2, -0.15) is 0 Å². The first-order valence-corrected chi connectivity index (χ1v) is 5.95. The quantitative estimate of drug-likeness (QED) is 0.803. The van der Waals surface area contributed by atoms with Crippen LogP contribution < -0.4 is 5.32 Å². The Morgan fingerprint density at radius 3 is 2.50 bits per heavy atom. The number of carbonyl (C=O) groups is 1. The molecule has 2 N–H and O–H groups in total. The summed E-state index contributed by atoms with van der Waals surface area (Å²) in [7, 11) is 0. The van der Waals surface area contributed by atoms with Gasteiger partial charge in [0.2, 0.25) is 0 Å². The fraction of sp³-hybridized carbons (Fsp3) is 0.133. The first-order chi connectivity index (χ1) is 8.74. The van der Waals surface area contributed by atoms with E-state index in [2.05, 4.69) is 11.4 Å². The average Bonchev–Trinajstić information content (AvgIpc) is 2.56. The number of carboxylic acid groups (broad SMARTS) is 1. The molecule has 0 radical (unpaired) electrons. The number of hydrogen-bond donors (Lipinski definition) is 2. The SMILES string of the molecule is O=C(O)c1ccc2c(c1)Nc1ccccc1CC2. The van der Waals surface area contributed by atoms with E-state index in [1.54, 1.807) is 12.1 Å². The Hall–Kier alpha value is -2.29. The molecule has 1 aliphatic rings. The van der Waals surface area contributed by atoms with Gasteiger partial charge < -0.3 is 10.4 Å². The van der Waals surface area contributed by atoms with Crippen LogP contribution in [0.1, 0.15) is 21.5 Å². The van der Waals surface area contributed by atoms with Crippen LogP contribution in [0.4, 0.5) is 11.4 Å². The third-order valence-corrected chi connectivity index (χ3v) is 3.31. The first kappa shape index (κ1) is 10.8. The predicted octanol–water partition coefficient (Wildman–Crippen LogP) is 3.23. The van der Waals surface area contributed by atoms with Crippen LogP contribution in [0.25, 0.3) is 0 Å². The van der Waals surface area contributed by atoms with Gasteiger partial charge >= 0.3 is 5.97 Å². The Morgan fingerprint density at radius 2 is 1.72 bits per heavy atom. The number of rotatable bonds is 1. The summed E-state index contributed by atoms with van der Waals surface area (Å²) < 4.78 is 0. The Morgan fingerprint density at radius 1 is 1.00 bits per heavy atom. The summed E-state index contributed by atoms with van der Waals surface area (Å²) in [6.45, 7) is 0. The normalized spacial score (nSPS) is 12.9. The number of para-hydroxylation sites is 1. The molecule has 0 amide bonds. The molecular formula is C15H13NO2. The Labute approximate surface area is 105 Å². The van der Waals surface area contributed by atoms with Crippen molar-refractivity contribution in [2.24, 2.45) is 0 Å². The zero-order chi connectivity index (χ0) is 12.5. The molecule has 3 heteroatoms. The second-order valence-corrected chi connectivity index (χ2v) is 4.46. The monoisotopic (exact) mass is 239 g/mol. The maximum atomic E-state index is 11.0. The van der Waals surface area contributed by atoms with Gasteiger partial charge in [0.1, 0.15) is 0 Å². The Balaban J connectivity index is 2.07. The van der Waals surface area contributed by atoms with Crippen LogP contribution in [0.15, 0.2) is 42.5 Å². The van der Waals surface area contributed by atoms with Crippen LogP contribution in [0, 0.1) is 0 Å². The van der Waals surface area contributed by atoms with Crippen LogP contribution in [0.5, 0.6) is 0 Å². The highest BCUT2D eigenvalue weighted by atomic mass is 16.4. The number of carboxylic acids is 1. The third-order valence-electron chi connectivity index (χ3n) is 3.31. The fourth-order valence-electron chi connectivity index (χ4n) is 2.32. The van der Waals surface area contributed by atoms with E-state index in [0.717, 1.165) is 29.8 Å². The van der Waals surface area contributed by atoms with Crippen molar-refractivity contribution in [2.45, 2.75) is 12.8 Å². The number of nitrogens with one attached hydrogen (secondary N) is 1. The Bertz CT molecular complexity index is 620. The maximum Gasteiger partial charge on any atom is 0.335 e. The van der Waals surface area contributed by atoms with Crippen molar-refractivity contribution in [1.82, 2.24) is 0 Å². The molecular weight excluding hydrogens is 226 g/mol. The van der Waals surface area contributed by atoms with Gasteiger partial charge in [0, 0.05) is 11.4 Å². The molecule has 1 aliphatic heterocycles. The molecule has 0 atom stereocenters. The zero-order valence-corrected chi connectivity index (χ0v) is 9.81. The zero-order valence-electron chi connectivity index (χ0n) is 9.81. The highest BCUT2D eigenvalue weighted by Gasteiger charge is 2.14. The highest BCUT2D eigenvalue weighted by Crippen LogP contribution is 2.30. The molecule has 18 heavy (non-hydrogen) atoms. The van der Waals surface area contributed by atoms with Crippen molar-refractivity contribution in [3.8, 4) is 0 Å². The molecule has 3 rings (SSSR count). The van der Waals surface area contributed by atoms with Gasteiger partial charge in [0.15, 0.2) is 0 Å². The molecule has 2 aromatic rings.